The van der Waals surface area contributed by atoms with Crippen LogP contribution in [-0.4, -0.2) is 40.8 Å². The smallest absolute Gasteiger partial charge is 0.123 e. The molecular formula is C14H18N4OS. The van der Waals surface area contributed by atoms with Crippen molar-refractivity contribution in [2.24, 2.45) is 5.92 Å². The van der Waals surface area contributed by atoms with Gasteiger partial charge < -0.3 is 15.7 Å². The van der Waals surface area contributed by atoms with E-state index in [1.807, 2.05) is 18.3 Å². The van der Waals surface area contributed by atoms with Crippen molar-refractivity contribution in [1.29, 1.82) is 0 Å². The number of aromatic nitrogens is 2. The lowest BCUT2D eigenvalue weighted by Gasteiger charge is -2.13. The first kappa shape index (κ1) is 13.6. The van der Waals surface area contributed by atoms with Gasteiger partial charge in [-0.3, -0.25) is 4.98 Å². The van der Waals surface area contributed by atoms with Gasteiger partial charge in [0.15, 0.2) is 0 Å². The number of pyridine rings is 1. The number of nitrogens with one attached hydrogen (secondary N) is 2. The number of rotatable bonds is 5. The molecule has 0 amide bonds. The van der Waals surface area contributed by atoms with Gasteiger partial charge in [-0.15, -0.1) is 11.3 Å². The molecule has 2 atom stereocenters. The third kappa shape index (κ3) is 3.21. The van der Waals surface area contributed by atoms with Crippen molar-refractivity contribution in [1.82, 2.24) is 20.6 Å². The fourth-order valence-corrected chi connectivity index (χ4v) is 3.21. The van der Waals surface area contributed by atoms with E-state index in [1.54, 1.807) is 23.7 Å². The average Bonchev–Trinajstić information content (AvgIpc) is 3.10. The molecule has 1 fully saturated rings. The van der Waals surface area contributed by atoms with Gasteiger partial charge in [-0.25, -0.2) is 4.98 Å². The second-order valence-corrected chi connectivity index (χ2v) is 6.10. The summed E-state index contributed by atoms with van der Waals surface area (Å²) < 4.78 is 0. The zero-order chi connectivity index (χ0) is 13.8. The van der Waals surface area contributed by atoms with Crippen LogP contribution in [0.15, 0.2) is 30.7 Å². The van der Waals surface area contributed by atoms with E-state index in [9.17, 15) is 5.11 Å². The summed E-state index contributed by atoms with van der Waals surface area (Å²) in [6.45, 7) is 3.22. The Bertz CT molecular complexity index is 545. The number of thiazole rings is 1. The molecule has 0 radical (unpaired) electrons. The standard InChI is InChI=1S/C14H18N4OS/c19-13-9-17-6-11(13)5-16-7-12-8-18-14(20-12)10-1-3-15-4-2-10/h1-4,8,11,13,16-17,19H,5-7,9H2. The first-order valence-corrected chi connectivity index (χ1v) is 7.59. The van der Waals surface area contributed by atoms with Crippen LogP contribution in [0, 0.1) is 5.92 Å². The average molecular weight is 290 g/mol. The number of β-amino-alcohol motifs (C(OH)–C–C–N with tert-alkyl or cyclic N) is 1. The van der Waals surface area contributed by atoms with Crippen molar-refractivity contribution in [2.45, 2.75) is 12.6 Å². The van der Waals surface area contributed by atoms with Crippen molar-refractivity contribution in [3.8, 4) is 10.6 Å². The van der Waals surface area contributed by atoms with E-state index < -0.39 is 0 Å². The monoisotopic (exact) mass is 290 g/mol. The molecule has 1 aliphatic rings. The van der Waals surface area contributed by atoms with Crippen LogP contribution in [0.25, 0.3) is 10.6 Å². The molecule has 2 aromatic heterocycles. The highest BCUT2D eigenvalue weighted by atomic mass is 32.1. The molecule has 6 heteroatoms. The van der Waals surface area contributed by atoms with Crippen LogP contribution in [-0.2, 0) is 6.54 Å². The van der Waals surface area contributed by atoms with Crippen LogP contribution < -0.4 is 10.6 Å². The summed E-state index contributed by atoms with van der Waals surface area (Å²) in [6.07, 6.45) is 5.25. The second-order valence-electron chi connectivity index (χ2n) is 4.98. The lowest BCUT2D eigenvalue weighted by atomic mass is 10.1. The van der Waals surface area contributed by atoms with Gasteiger partial charge >= 0.3 is 0 Å². The molecule has 2 aromatic rings. The molecule has 1 aliphatic heterocycles. The van der Waals surface area contributed by atoms with Gasteiger partial charge in [0.1, 0.15) is 5.01 Å². The Morgan fingerprint density at radius 2 is 2.20 bits per heavy atom. The largest absolute Gasteiger partial charge is 0.391 e. The van der Waals surface area contributed by atoms with Gasteiger partial charge in [0.2, 0.25) is 0 Å². The van der Waals surface area contributed by atoms with Crippen LogP contribution in [0.4, 0.5) is 0 Å². The summed E-state index contributed by atoms with van der Waals surface area (Å²) in [7, 11) is 0. The third-order valence-corrected chi connectivity index (χ3v) is 4.54. The van der Waals surface area contributed by atoms with Gasteiger partial charge in [0, 0.05) is 61.1 Å². The van der Waals surface area contributed by atoms with E-state index in [0.29, 0.717) is 12.5 Å². The van der Waals surface area contributed by atoms with Gasteiger partial charge in [-0.1, -0.05) is 0 Å². The topological polar surface area (TPSA) is 70.1 Å². The normalized spacial score (nSPS) is 22.2. The van der Waals surface area contributed by atoms with E-state index in [1.165, 1.54) is 4.88 Å². The van der Waals surface area contributed by atoms with Crippen LogP contribution in [0.2, 0.25) is 0 Å². The first-order chi connectivity index (χ1) is 9.83. The molecule has 0 aliphatic carbocycles. The Labute approximate surface area is 122 Å². The number of hydrogen-bond donors (Lipinski definition) is 3. The minimum absolute atomic E-state index is 0.226. The molecule has 20 heavy (non-hydrogen) atoms. The third-order valence-electron chi connectivity index (χ3n) is 3.49. The summed E-state index contributed by atoms with van der Waals surface area (Å²) in [5.41, 5.74) is 1.10. The summed E-state index contributed by atoms with van der Waals surface area (Å²) in [5, 5.41) is 17.3. The molecule has 3 N–H and O–H groups in total. The highest BCUT2D eigenvalue weighted by molar-refractivity contribution is 7.15. The molecule has 0 aromatic carbocycles. The highest BCUT2D eigenvalue weighted by Crippen LogP contribution is 2.24. The molecule has 106 valence electrons. The summed E-state index contributed by atoms with van der Waals surface area (Å²) in [5.74, 6) is 0.308. The first-order valence-electron chi connectivity index (χ1n) is 6.77. The fourth-order valence-electron chi connectivity index (χ4n) is 2.33. The lowest BCUT2D eigenvalue weighted by Crippen LogP contribution is -2.29. The molecule has 1 saturated heterocycles. The van der Waals surface area contributed by atoms with Crippen LogP contribution >= 0.6 is 11.3 Å². The number of nitrogens with zero attached hydrogens (tertiary/aromatic N) is 2. The van der Waals surface area contributed by atoms with Crippen molar-refractivity contribution in [3.05, 3.63) is 35.6 Å². The van der Waals surface area contributed by atoms with Crippen molar-refractivity contribution < 1.29 is 5.11 Å². The molecule has 0 spiro atoms. The van der Waals surface area contributed by atoms with E-state index in [-0.39, 0.29) is 6.10 Å². The zero-order valence-electron chi connectivity index (χ0n) is 11.1. The summed E-state index contributed by atoms with van der Waals surface area (Å²) in [4.78, 5) is 9.66. The van der Waals surface area contributed by atoms with Crippen molar-refractivity contribution in [3.63, 3.8) is 0 Å². The van der Waals surface area contributed by atoms with Gasteiger partial charge in [-0.05, 0) is 12.1 Å². The van der Waals surface area contributed by atoms with E-state index in [0.717, 1.165) is 30.2 Å². The maximum absolute atomic E-state index is 9.72. The molecular weight excluding hydrogens is 272 g/mol. The second kappa shape index (κ2) is 6.41. The van der Waals surface area contributed by atoms with Crippen LogP contribution in [0.1, 0.15) is 4.88 Å². The Morgan fingerprint density at radius 1 is 1.35 bits per heavy atom. The SMILES string of the molecule is OC1CNCC1CNCc1cnc(-c2ccncc2)s1. The maximum atomic E-state index is 9.72. The Morgan fingerprint density at radius 3 is 2.95 bits per heavy atom. The van der Waals surface area contributed by atoms with E-state index in [2.05, 4.69) is 20.6 Å². The highest BCUT2D eigenvalue weighted by Gasteiger charge is 2.24. The predicted molar refractivity (Wildman–Crippen MR) is 79.4 cm³/mol. The molecule has 2 unspecified atom stereocenters. The van der Waals surface area contributed by atoms with Crippen LogP contribution in [0.5, 0.6) is 0 Å². The lowest BCUT2D eigenvalue weighted by molar-refractivity contribution is 0.146. The van der Waals surface area contributed by atoms with Crippen LogP contribution in [0.3, 0.4) is 0 Å². The molecule has 0 bridgehead atoms. The molecule has 0 saturated carbocycles. The Balaban J connectivity index is 1.53. The predicted octanol–water partition coefficient (Wildman–Crippen LogP) is 0.875. The number of aliphatic hydroxyl groups is 1. The van der Waals surface area contributed by atoms with E-state index >= 15 is 0 Å². The molecule has 3 rings (SSSR count). The number of aliphatic hydroxyl groups excluding tert-OH is 1. The molecule has 3 heterocycles. The minimum atomic E-state index is -0.226. The van der Waals surface area contributed by atoms with Crippen molar-refractivity contribution in [2.75, 3.05) is 19.6 Å². The van der Waals surface area contributed by atoms with Crippen molar-refractivity contribution >= 4 is 11.3 Å². The quantitative estimate of drug-likeness (QED) is 0.762. The van der Waals surface area contributed by atoms with E-state index in [4.69, 9.17) is 0 Å². The van der Waals surface area contributed by atoms with Gasteiger partial charge in [-0.2, -0.15) is 0 Å². The summed E-state index contributed by atoms with van der Waals surface area (Å²) >= 11 is 1.69. The Kier molecular flexibility index (Phi) is 4.37. The van der Waals surface area contributed by atoms with Gasteiger partial charge in [0.25, 0.3) is 0 Å². The molecule has 5 nitrogen and oxygen atoms in total. The zero-order valence-corrected chi connectivity index (χ0v) is 11.9. The summed E-state index contributed by atoms with van der Waals surface area (Å²) in [6, 6.07) is 3.94. The minimum Gasteiger partial charge on any atom is -0.391 e. The fraction of sp³-hybridized carbons (Fsp3) is 0.429. The van der Waals surface area contributed by atoms with Gasteiger partial charge in [0.05, 0.1) is 6.10 Å². The maximum Gasteiger partial charge on any atom is 0.123 e. The number of hydrogen-bond acceptors (Lipinski definition) is 6. The Hall–Kier alpha value is -1.34.